The molecule has 0 saturated carbocycles. The van der Waals surface area contributed by atoms with E-state index in [9.17, 15) is 27.9 Å². The quantitative estimate of drug-likeness (QED) is 0.639. The number of benzene rings is 2. The maximum atomic E-state index is 12.6. The summed E-state index contributed by atoms with van der Waals surface area (Å²) >= 11 is 3.28. The number of hydrogen-bond acceptors (Lipinski definition) is 3. The van der Waals surface area contributed by atoms with E-state index in [4.69, 9.17) is 5.73 Å². The lowest BCUT2D eigenvalue weighted by Crippen LogP contribution is -2.47. The van der Waals surface area contributed by atoms with Gasteiger partial charge in [0, 0.05) is 10.9 Å². The third kappa shape index (κ3) is 5.80. The third-order valence-corrected chi connectivity index (χ3v) is 4.34. The van der Waals surface area contributed by atoms with Crippen molar-refractivity contribution >= 4 is 27.7 Å². The molecule has 2 rings (SSSR count). The molecule has 0 fully saturated rings. The summed E-state index contributed by atoms with van der Waals surface area (Å²) in [6.45, 7) is 0. The van der Waals surface area contributed by atoms with Gasteiger partial charge in [0.1, 0.15) is 6.04 Å². The van der Waals surface area contributed by atoms with E-state index in [-0.39, 0.29) is 12.0 Å². The molecule has 9 heteroatoms. The first kappa shape index (κ1) is 20.9. The summed E-state index contributed by atoms with van der Waals surface area (Å²) in [6.07, 6.45) is -6.15. The SMILES string of the molecule is NC(=O)[C@@H](Cc1ccc(Br)cc1)NC(=O)[C@H](O)c1ccc(C(F)(F)F)cc1. The number of aliphatic hydroxyl groups is 1. The molecule has 0 aliphatic rings. The highest BCUT2D eigenvalue weighted by Gasteiger charge is 2.31. The van der Waals surface area contributed by atoms with Crippen molar-refractivity contribution in [3.05, 3.63) is 69.7 Å². The molecule has 27 heavy (non-hydrogen) atoms. The van der Waals surface area contributed by atoms with E-state index in [1.54, 1.807) is 24.3 Å². The predicted octanol–water partition coefficient (Wildman–Crippen LogP) is 2.71. The van der Waals surface area contributed by atoms with Gasteiger partial charge < -0.3 is 16.2 Å². The van der Waals surface area contributed by atoms with Gasteiger partial charge in [0.15, 0.2) is 6.10 Å². The molecule has 0 saturated heterocycles. The van der Waals surface area contributed by atoms with E-state index in [0.717, 1.165) is 34.3 Å². The van der Waals surface area contributed by atoms with Gasteiger partial charge in [-0.2, -0.15) is 13.2 Å². The number of halogens is 4. The van der Waals surface area contributed by atoms with Gasteiger partial charge in [-0.05, 0) is 35.4 Å². The Hall–Kier alpha value is -2.39. The Labute approximate surface area is 161 Å². The molecule has 0 aliphatic carbocycles. The molecule has 0 bridgehead atoms. The van der Waals surface area contributed by atoms with Gasteiger partial charge in [0.25, 0.3) is 5.91 Å². The van der Waals surface area contributed by atoms with E-state index in [1.807, 2.05) is 0 Å². The van der Waals surface area contributed by atoms with Crippen LogP contribution >= 0.6 is 15.9 Å². The number of primary amides is 1. The highest BCUT2D eigenvalue weighted by atomic mass is 79.9. The molecule has 2 atom stereocenters. The van der Waals surface area contributed by atoms with Crippen molar-refractivity contribution in [2.45, 2.75) is 24.7 Å². The van der Waals surface area contributed by atoms with Crippen molar-refractivity contribution in [2.24, 2.45) is 5.73 Å². The molecule has 0 heterocycles. The van der Waals surface area contributed by atoms with Crippen LogP contribution in [-0.4, -0.2) is 23.0 Å². The van der Waals surface area contributed by atoms with Crippen molar-refractivity contribution in [3.8, 4) is 0 Å². The highest BCUT2D eigenvalue weighted by molar-refractivity contribution is 9.10. The topological polar surface area (TPSA) is 92.4 Å². The van der Waals surface area contributed by atoms with Crippen molar-refractivity contribution < 1.29 is 27.9 Å². The highest BCUT2D eigenvalue weighted by Crippen LogP contribution is 2.30. The minimum atomic E-state index is -4.52. The first-order valence-electron chi connectivity index (χ1n) is 7.77. The molecule has 0 spiro atoms. The lowest BCUT2D eigenvalue weighted by atomic mass is 10.0. The third-order valence-electron chi connectivity index (χ3n) is 3.82. The number of hydrogen-bond donors (Lipinski definition) is 3. The molecule has 2 aromatic rings. The van der Waals surface area contributed by atoms with Crippen molar-refractivity contribution in [3.63, 3.8) is 0 Å². The normalized spacial score (nSPS) is 13.7. The lowest BCUT2D eigenvalue weighted by Gasteiger charge is -2.19. The number of alkyl halides is 3. The molecular formula is C18H16BrF3N2O3. The van der Waals surface area contributed by atoms with Crippen LogP contribution in [0.15, 0.2) is 53.0 Å². The summed E-state index contributed by atoms with van der Waals surface area (Å²) in [5, 5.41) is 12.4. The van der Waals surface area contributed by atoms with Crippen molar-refractivity contribution in [2.75, 3.05) is 0 Å². The summed E-state index contributed by atoms with van der Waals surface area (Å²) < 4.78 is 38.6. The van der Waals surface area contributed by atoms with Crippen LogP contribution < -0.4 is 11.1 Å². The van der Waals surface area contributed by atoms with Crippen LogP contribution in [0.25, 0.3) is 0 Å². The van der Waals surface area contributed by atoms with E-state index < -0.39 is 35.7 Å². The Morgan fingerprint density at radius 2 is 1.63 bits per heavy atom. The van der Waals surface area contributed by atoms with E-state index in [0.29, 0.717) is 0 Å². The average Bonchev–Trinajstić information content (AvgIpc) is 2.61. The van der Waals surface area contributed by atoms with Crippen LogP contribution in [0.2, 0.25) is 0 Å². The van der Waals surface area contributed by atoms with E-state index in [2.05, 4.69) is 21.2 Å². The van der Waals surface area contributed by atoms with Crippen molar-refractivity contribution in [1.82, 2.24) is 5.32 Å². The first-order valence-corrected chi connectivity index (χ1v) is 8.56. The lowest BCUT2D eigenvalue weighted by molar-refractivity contribution is -0.137. The largest absolute Gasteiger partial charge is 0.416 e. The van der Waals surface area contributed by atoms with Gasteiger partial charge in [-0.3, -0.25) is 9.59 Å². The number of rotatable bonds is 6. The zero-order valence-electron chi connectivity index (χ0n) is 13.8. The van der Waals surface area contributed by atoms with Crippen LogP contribution in [0.3, 0.4) is 0 Å². The molecule has 144 valence electrons. The van der Waals surface area contributed by atoms with E-state index in [1.165, 1.54) is 0 Å². The number of aliphatic hydroxyl groups excluding tert-OH is 1. The summed E-state index contributed by atoms with van der Waals surface area (Å²) in [7, 11) is 0. The summed E-state index contributed by atoms with van der Waals surface area (Å²) in [4.78, 5) is 23.8. The molecule has 5 nitrogen and oxygen atoms in total. The second-order valence-corrected chi connectivity index (χ2v) is 6.73. The Balaban J connectivity index is 2.07. The maximum Gasteiger partial charge on any atom is 0.416 e. The fourth-order valence-corrected chi connectivity index (χ4v) is 2.60. The smallest absolute Gasteiger partial charge is 0.378 e. The molecule has 0 aromatic heterocycles. The number of nitrogens with one attached hydrogen (secondary N) is 1. The van der Waals surface area contributed by atoms with Gasteiger partial charge >= 0.3 is 6.18 Å². The van der Waals surface area contributed by atoms with Gasteiger partial charge in [-0.1, -0.05) is 40.2 Å². The van der Waals surface area contributed by atoms with Gasteiger partial charge in [0.2, 0.25) is 5.91 Å². The standard InChI is InChI=1S/C18H16BrF3N2O3/c19-13-7-1-10(2-8-13)9-14(16(23)26)24-17(27)15(25)11-3-5-12(6-4-11)18(20,21)22/h1-8,14-15,25H,9H2,(H2,23,26)(H,24,27)/t14-,15-/m1/s1. The van der Waals surface area contributed by atoms with E-state index >= 15 is 0 Å². The number of carbonyl (C=O) groups excluding carboxylic acids is 2. The number of amides is 2. The van der Waals surface area contributed by atoms with Crippen LogP contribution in [0.1, 0.15) is 22.8 Å². The average molecular weight is 445 g/mol. The van der Waals surface area contributed by atoms with Gasteiger partial charge in [0.05, 0.1) is 5.56 Å². The molecule has 0 radical (unpaired) electrons. The molecule has 4 N–H and O–H groups in total. The first-order chi connectivity index (χ1) is 12.6. The Morgan fingerprint density at radius 3 is 2.11 bits per heavy atom. The van der Waals surface area contributed by atoms with Gasteiger partial charge in [-0.15, -0.1) is 0 Å². The second-order valence-electron chi connectivity index (χ2n) is 5.82. The molecule has 2 amide bonds. The van der Waals surface area contributed by atoms with Crippen LogP contribution in [0.4, 0.5) is 13.2 Å². The molecule has 0 aliphatic heterocycles. The molecule has 0 unspecified atom stereocenters. The van der Waals surface area contributed by atoms with Crippen LogP contribution in [-0.2, 0) is 22.2 Å². The predicted molar refractivity (Wildman–Crippen MR) is 95.4 cm³/mol. The Kier molecular flexibility index (Phi) is 6.61. The van der Waals surface area contributed by atoms with Crippen LogP contribution in [0, 0.1) is 0 Å². The summed E-state index contributed by atoms with van der Waals surface area (Å²) in [5.41, 5.74) is 5.09. The number of nitrogens with two attached hydrogens (primary N) is 1. The molecule has 2 aromatic carbocycles. The Bertz CT molecular complexity index is 808. The van der Waals surface area contributed by atoms with Crippen LogP contribution in [0.5, 0.6) is 0 Å². The minimum absolute atomic E-state index is 0.0348. The van der Waals surface area contributed by atoms with Gasteiger partial charge in [-0.25, -0.2) is 0 Å². The zero-order valence-corrected chi connectivity index (χ0v) is 15.4. The maximum absolute atomic E-state index is 12.6. The fourth-order valence-electron chi connectivity index (χ4n) is 2.34. The number of carbonyl (C=O) groups is 2. The van der Waals surface area contributed by atoms with Crippen molar-refractivity contribution in [1.29, 1.82) is 0 Å². The zero-order chi connectivity index (χ0) is 20.2. The Morgan fingerprint density at radius 1 is 1.07 bits per heavy atom. The summed E-state index contributed by atoms with van der Waals surface area (Å²) in [6, 6.07) is 9.43. The summed E-state index contributed by atoms with van der Waals surface area (Å²) in [5.74, 6) is -1.73. The monoisotopic (exact) mass is 444 g/mol. The second kappa shape index (κ2) is 8.53. The molecular weight excluding hydrogens is 429 g/mol. The fraction of sp³-hybridized carbons (Fsp3) is 0.222. The minimum Gasteiger partial charge on any atom is -0.378 e.